The van der Waals surface area contributed by atoms with Crippen LogP contribution in [0.1, 0.15) is 51.2 Å². The molecule has 1 N–H and O–H groups in total. The van der Waals surface area contributed by atoms with E-state index in [0.29, 0.717) is 11.8 Å². The van der Waals surface area contributed by atoms with Crippen LogP contribution in [0.4, 0.5) is 0 Å². The number of hydrogen-bond donors (Lipinski definition) is 1. The van der Waals surface area contributed by atoms with Gasteiger partial charge >= 0.3 is 0 Å². The first-order valence-corrected chi connectivity index (χ1v) is 7.63. The number of aryl methyl sites for hydroxylation is 1. The van der Waals surface area contributed by atoms with Gasteiger partial charge in [0.2, 0.25) is 0 Å². The summed E-state index contributed by atoms with van der Waals surface area (Å²) in [6.45, 7) is 9.09. The van der Waals surface area contributed by atoms with Gasteiger partial charge in [-0.2, -0.15) is 0 Å². The Kier molecular flexibility index (Phi) is 4.35. The molecule has 2 rings (SSSR count). The first kappa shape index (κ1) is 14.6. The summed E-state index contributed by atoms with van der Waals surface area (Å²) >= 11 is 0. The first-order chi connectivity index (χ1) is 8.90. The van der Waals surface area contributed by atoms with Crippen molar-refractivity contribution >= 4 is 0 Å². The predicted molar refractivity (Wildman–Crippen MR) is 81.2 cm³/mol. The van der Waals surface area contributed by atoms with E-state index in [1.807, 2.05) is 0 Å². The molecule has 3 unspecified atom stereocenters. The van der Waals surface area contributed by atoms with Crippen LogP contribution in [0.15, 0.2) is 24.3 Å². The van der Waals surface area contributed by atoms with Gasteiger partial charge in [0.05, 0.1) is 6.10 Å². The quantitative estimate of drug-likeness (QED) is 0.856. The van der Waals surface area contributed by atoms with E-state index in [0.717, 1.165) is 12.8 Å². The van der Waals surface area contributed by atoms with Crippen LogP contribution >= 0.6 is 0 Å². The van der Waals surface area contributed by atoms with Crippen LogP contribution in [0, 0.1) is 24.2 Å². The van der Waals surface area contributed by atoms with Gasteiger partial charge in [-0.05, 0) is 54.6 Å². The van der Waals surface area contributed by atoms with E-state index in [1.165, 1.54) is 24.0 Å². The molecule has 1 nitrogen and oxygen atoms in total. The van der Waals surface area contributed by atoms with E-state index >= 15 is 0 Å². The summed E-state index contributed by atoms with van der Waals surface area (Å²) in [5.74, 6) is 1.11. The maximum absolute atomic E-state index is 10.4. The Bertz CT molecular complexity index is 421. The molecule has 0 bridgehead atoms. The average molecular weight is 260 g/mol. The van der Waals surface area contributed by atoms with Crippen LogP contribution in [0.5, 0.6) is 0 Å². The maximum atomic E-state index is 10.4. The highest BCUT2D eigenvalue weighted by atomic mass is 16.3. The van der Waals surface area contributed by atoms with E-state index < -0.39 is 0 Å². The molecule has 1 aromatic rings. The third kappa shape index (κ3) is 3.39. The van der Waals surface area contributed by atoms with Crippen molar-refractivity contribution in [3.8, 4) is 0 Å². The molecular formula is C18H28O. The molecule has 0 saturated heterocycles. The van der Waals surface area contributed by atoms with Crippen LogP contribution < -0.4 is 0 Å². The Morgan fingerprint density at radius 2 is 1.89 bits per heavy atom. The van der Waals surface area contributed by atoms with Gasteiger partial charge in [-0.1, -0.05) is 51.5 Å². The zero-order valence-electron chi connectivity index (χ0n) is 12.8. The molecule has 1 aliphatic carbocycles. The molecule has 1 aliphatic rings. The number of aliphatic hydroxyl groups is 1. The molecule has 3 atom stereocenters. The molecule has 1 fully saturated rings. The average Bonchev–Trinajstić information content (AvgIpc) is 2.31. The SMILES string of the molecule is Cc1ccccc1CC(C)(C)C1CCC(C)CC1O. The molecule has 0 aliphatic heterocycles. The second-order valence-corrected chi connectivity index (χ2v) is 7.18. The lowest BCUT2D eigenvalue weighted by Crippen LogP contribution is -2.39. The minimum atomic E-state index is -0.122. The van der Waals surface area contributed by atoms with Gasteiger partial charge < -0.3 is 5.11 Å². The third-order valence-corrected chi connectivity index (χ3v) is 4.99. The number of aliphatic hydroxyl groups excluding tert-OH is 1. The smallest absolute Gasteiger partial charge is 0.0576 e. The van der Waals surface area contributed by atoms with E-state index in [2.05, 4.69) is 52.0 Å². The minimum absolute atomic E-state index is 0.122. The lowest BCUT2D eigenvalue weighted by atomic mass is 9.65. The monoisotopic (exact) mass is 260 g/mol. The van der Waals surface area contributed by atoms with Crippen molar-refractivity contribution < 1.29 is 5.11 Å². The van der Waals surface area contributed by atoms with Crippen molar-refractivity contribution in [3.05, 3.63) is 35.4 Å². The lowest BCUT2D eigenvalue weighted by molar-refractivity contribution is -0.0126. The van der Waals surface area contributed by atoms with Crippen LogP contribution in [-0.2, 0) is 6.42 Å². The Hall–Kier alpha value is -0.820. The molecule has 0 heterocycles. The summed E-state index contributed by atoms with van der Waals surface area (Å²) < 4.78 is 0. The molecule has 0 amide bonds. The Morgan fingerprint density at radius 1 is 1.21 bits per heavy atom. The third-order valence-electron chi connectivity index (χ3n) is 4.99. The highest BCUT2D eigenvalue weighted by molar-refractivity contribution is 5.26. The molecule has 0 radical (unpaired) electrons. The van der Waals surface area contributed by atoms with Crippen molar-refractivity contribution in [1.29, 1.82) is 0 Å². The first-order valence-electron chi connectivity index (χ1n) is 7.63. The van der Waals surface area contributed by atoms with E-state index in [4.69, 9.17) is 0 Å². The van der Waals surface area contributed by atoms with Crippen LogP contribution in [-0.4, -0.2) is 11.2 Å². The van der Waals surface area contributed by atoms with Crippen molar-refractivity contribution in [2.24, 2.45) is 17.3 Å². The lowest BCUT2D eigenvalue weighted by Gasteiger charge is -2.42. The summed E-state index contributed by atoms with van der Waals surface area (Å²) in [4.78, 5) is 0. The van der Waals surface area contributed by atoms with E-state index in [1.54, 1.807) is 0 Å². The van der Waals surface area contributed by atoms with Gasteiger partial charge in [0.15, 0.2) is 0 Å². The fourth-order valence-corrected chi connectivity index (χ4v) is 3.69. The highest BCUT2D eigenvalue weighted by Gasteiger charge is 2.38. The maximum Gasteiger partial charge on any atom is 0.0576 e. The topological polar surface area (TPSA) is 20.2 Å². The highest BCUT2D eigenvalue weighted by Crippen LogP contribution is 2.42. The van der Waals surface area contributed by atoms with E-state index in [9.17, 15) is 5.11 Å². The number of rotatable bonds is 3. The van der Waals surface area contributed by atoms with Crippen molar-refractivity contribution in [3.63, 3.8) is 0 Å². The molecule has 0 aromatic heterocycles. The van der Waals surface area contributed by atoms with Gasteiger partial charge in [0.1, 0.15) is 0 Å². The van der Waals surface area contributed by atoms with Gasteiger partial charge in [0, 0.05) is 0 Å². The standard InChI is InChI=1S/C18H28O/c1-13-9-10-16(17(19)11-13)18(3,4)12-15-8-6-5-7-14(15)2/h5-8,13,16-17,19H,9-12H2,1-4H3. The van der Waals surface area contributed by atoms with Crippen LogP contribution in [0.3, 0.4) is 0 Å². The number of hydrogen-bond acceptors (Lipinski definition) is 1. The van der Waals surface area contributed by atoms with Crippen LogP contribution in [0.2, 0.25) is 0 Å². The van der Waals surface area contributed by atoms with Gasteiger partial charge in [-0.3, -0.25) is 0 Å². The van der Waals surface area contributed by atoms with Crippen LogP contribution in [0.25, 0.3) is 0 Å². The zero-order valence-corrected chi connectivity index (χ0v) is 12.8. The predicted octanol–water partition coefficient (Wildman–Crippen LogP) is 4.36. The summed E-state index contributed by atoms with van der Waals surface area (Å²) in [5, 5.41) is 10.4. The molecule has 1 aromatic carbocycles. The zero-order chi connectivity index (χ0) is 14.0. The van der Waals surface area contributed by atoms with Crippen molar-refractivity contribution in [2.75, 3.05) is 0 Å². The summed E-state index contributed by atoms with van der Waals surface area (Å²) in [6.07, 6.45) is 4.35. The summed E-state index contributed by atoms with van der Waals surface area (Å²) in [7, 11) is 0. The van der Waals surface area contributed by atoms with Gasteiger partial charge in [-0.15, -0.1) is 0 Å². The fraction of sp³-hybridized carbons (Fsp3) is 0.667. The Labute approximate surface area is 118 Å². The van der Waals surface area contributed by atoms with Crippen molar-refractivity contribution in [1.82, 2.24) is 0 Å². The largest absolute Gasteiger partial charge is 0.393 e. The second kappa shape index (κ2) is 5.66. The van der Waals surface area contributed by atoms with Gasteiger partial charge in [0.25, 0.3) is 0 Å². The summed E-state index contributed by atoms with van der Waals surface area (Å²) in [5.41, 5.74) is 2.97. The molecule has 106 valence electrons. The molecule has 19 heavy (non-hydrogen) atoms. The normalized spacial score (nSPS) is 28.4. The van der Waals surface area contributed by atoms with Gasteiger partial charge in [-0.25, -0.2) is 0 Å². The molecule has 1 heteroatoms. The number of benzene rings is 1. The summed E-state index contributed by atoms with van der Waals surface area (Å²) in [6, 6.07) is 8.64. The second-order valence-electron chi connectivity index (χ2n) is 7.18. The minimum Gasteiger partial charge on any atom is -0.393 e. The Balaban J connectivity index is 2.12. The Morgan fingerprint density at radius 3 is 2.53 bits per heavy atom. The van der Waals surface area contributed by atoms with E-state index in [-0.39, 0.29) is 11.5 Å². The molecular weight excluding hydrogens is 232 g/mol. The molecule has 0 spiro atoms. The molecule has 1 saturated carbocycles. The van der Waals surface area contributed by atoms with Crippen molar-refractivity contribution in [2.45, 2.75) is 59.5 Å². The fourth-order valence-electron chi connectivity index (χ4n) is 3.69.